The minimum absolute atomic E-state index is 0.0593. The molecule has 0 aliphatic carbocycles. The van der Waals surface area contributed by atoms with Gasteiger partial charge in [0.25, 0.3) is 15.9 Å². The standard InChI is InChI=1S/C28H31NO4S/c1-5-6-20-33-27-13-8-7-11-24(27)16-19-28(30)29(26-12-9-10-22(3)23(26)4)34(31,32)25-17-14-21(2)15-18-25/h7-19H,5-6,20H2,1-4H3/b19-16+. The minimum atomic E-state index is -4.14. The monoisotopic (exact) mass is 477 g/mol. The third-order valence-electron chi connectivity index (χ3n) is 5.63. The van der Waals surface area contributed by atoms with Crippen molar-refractivity contribution in [2.24, 2.45) is 0 Å². The van der Waals surface area contributed by atoms with Gasteiger partial charge in [0.1, 0.15) is 5.75 Å². The van der Waals surface area contributed by atoms with Crippen LogP contribution >= 0.6 is 0 Å². The van der Waals surface area contributed by atoms with Crippen LogP contribution in [-0.2, 0) is 14.8 Å². The molecule has 0 bridgehead atoms. The lowest BCUT2D eigenvalue weighted by Crippen LogP contribution is -2.36. The Labute approximate surface area is 202 Å². The maximum atomic E-state index is 13.6. The Hall–Kier alpha value is -3.38. The molecule has 3 aromatic carbocycles. The summed E-state index contributed by atoms with van der Waals surface area (Å²) in [5.74, 6) is -0.00249. The van der Waals surface area contributed by atoms with Crippen LogP contribution in [0.15, 0.2) is 77.7 Å². The molecule has 0 saturated carbocycles. The van der Waals surface area contributed by atoms with Crippen LogP contribution in [0, 0.1) is 20.8 Å². The van der Waals surface area contributed by atoms with Crippen molar-refractivity contribution < 1.29 is 17.9 Å². The van der Waals surface area contributed by atoms with Gasteiger partial charge in [-0.1, -0.05) is 61.4 Å². The van der Waals surface area contributed by atoms with Crippen molar-refractivity contribution in [3.8, 4) is 5.75 Å². The van der Waals surface area contributed by atoms with Crippen molar-refractivity contribution in [1.82, 2.24) is 0 Å². The first-order chi connectivity index (χ1) is 16.3. The van der Waals surface area contributed by atoms with E-state index in [1.807, 2.05) is 51.1 Å². The van der Waals surface area contributed by atoms with E-state index in [-0.39, 0.29) is 4.90 Å². The molecular weight excluding hydrogens is 446 g/mol. The molecule has 3 rings (SSSR count). The van der Waals surface area contributed by atoms with Gasteiger partial charge in [-0.2, -0.15) is 4.31 Å². The maximum Gasteiger partial charge on any atom is 0.271 e. The van der Waals surface area contributed by atoms with E-state index in [0.717, 1.165) is 33.8 Å². The first-order valence-electron chi connectivity index (χ1n) is 11.4. The number of carbonyl (C=O) groups excluding carboxylic acids is 1. The quantitative estimate of drug-likeness (QED) is 0.271. The lowest BCUT2D eigenvalue weighted by Gasteiger charge is -2.24. The molecule has 0 spiro atoms. The highest BCUT2D eigenvalue weighted by Crippen LogP contribution is 2.30. The second-order valence-electron chi connectivity index (χ2n) is 8.21. The van der Waals surface area contributed by atoms with Crippen LogP contribution in [0.1, 0.15) is 42.0 Å². The van der Waals surface area contributed by atoms with Gasteiger partial charge in [0, 0.05) is 11.6 Å². The van der Waals surface area contributed by atoms with E-state index in [9.17, 15) is 13.2 Å². The van der Waals surface area contributed by atoms with Gasteiger partial charge in [0.15, 0.2) is 0 Å². The highest BCUT2D eigenvalue weighted by atomic mass is 32.2. The molecule has 0 heterocycles. The number of benzene rings is 3. The number of hydrogen-bond acceptors (Lipinski definition) is 4. The van der Waals surface area contributed by atoms with Crippen molar-refractivity contribution in [2.75, 3.05) is 10.9 Å². The van der Waals surface area contributed by atoms with Crippen molar-refractivity contribution in [1.29, 1.82) is 0 Å². The molecule has 1 amide bonds. The number of rotatable bonds is 9. The minimum Gasteiger partial charge on any atom is -0.493 e. The summed E-state index contributed by atoms with van der Waals surface area (Å²) < 4.78 is 34.0. The summed E-state index contributed by atoms with van der Waals surface area (Å²) in [5, 5.41) is 0. The number of amides is 1. The molecule has 0 N–H and O–H groups in total. The van der Waals surface area contributed by atoms with Gasteiger partial charge in [-0.05, 0) is 68.7 Å². The molecule has 6 heteroatoms. The van der Waals surface area contributed by atoms with Crippen LogP contribution < -0.4 is 9.04 Å². The molecule has 0 atom stereocenters. The van der Waals surface area contributed by atoms with Gasteiger partial charge in [-0.15, -0.1) is 0 Å². The summed E-state index contributed by atoms with van der Waals surface area (Å²) in [5.41, 5.74) is 3.60. The summed E-state index contributed by atoms with van der Waals surface area (Å²) in [6, 6.07) is 19.2. The van der Waals surface area contributed by atoms with Crippen molar-refractivity contribution in [2.45, 2.75) is 45.4 Å². The van der Waals surface area contributed by atoms with Gasteiger partial charge >= 0.3 is 0 Å². The number of sulfonamides is 1. The zero-order valence-electron chi connectivity index (χ0n) is 20.1. The number of anilines is 1. The van der Waals surface area contributed by atoms with E-state index in [1.165, 1.54) is 18.2 Å². The fourth-order valence-corrected chi connectivity index (χ4v) is 4.89. The van der Waals surface area contributed by atoms with Crippen LogP contribution in [0.4, 0.5) is 5.69 Å². The topological polar surface area (TPSA) is 63.7 Å². The molecule has 0 saturated heterocycles. The lowest BCUT2D eigenvalue weighted by atomic mass is 10.1. The SMILES string of the molecule is CCCCOc1ccccc1/C=C/C(=O)N(c1cccc(C)c1C)S(=O)(=O)c1ccc(C)cc1. The van der Waals surface area contributed by atoms with Gasteiger partial charge in [0.2, 0.25) is 0 Å². The third kappa shape index (κ3) is 5.75. The van der Waals surface area contributed by atoms with Crippen LogP contribution in [0.5, 0.6) is 5.75 Å². The Morgan fingerprint density at radius 1 is 0.941 bits per heavy atom. The van der Waals surface area contributed by atoms with Crippen LogP contribution in [0.3, 0.4) is 0 Å². The summed E-state index contributed by atoms with van der Waals surface area (Å²) >= 11 is 0. The molecule has 34 heavy (non-hydrogen) atoms. The second-order valence-corrected chi connectivity index (χ2v) is 10.00. The number of para-hydroxylation sites is 1. The number of nitrogens with zero attached hydrogens (tertiary/aromatic N) is 1. The summed E-state index contributed by atoms with van der Waals surface area (Å²) in [6.07, 6.45) is 4.83. The average molecular weight is 478 g/mol. The third-order valence-corrected chi connectivity index (χ3v) is 7.36. The summed E-state index contributed by atoms with van der Waals surface area (Å²) in [6.45, 7) is 8.25. The Morgan fingerprint density at radius 2 is 1.65 bits per heavy atom. The van der Waals surface area contributed by atoms with E-state index in [2.05, 4.69) is 6.92 Å². The Morgan fingerprint density at radius 3 is 2.35 bits per heavy atom. The average Bonchev–Trinajstić information content (AvgIpc) is 2.81. The lowest BCUT2D eigenvalue weighted by molar-refractivity contribution is -0.113. The number of unbranched alkanes of at least 4 members (excludes halogenated alkanes) is 1. The second kappa shape index (κ2) is 11.2. The molecule has 0 unspecified atom stereocenters. The zero-order chi connectivity index (χ0) is 24.7. The van der Waals surface area contributed by atoms with E-state index in [1.54, 1.807) is 30.3 Å². The van der Waals surface area contributed by atoms with E-state index < -0.39 is 15.9 Å². The molecule has 3 aromatic rings. The number of carbonyl (C=O) groups is 1. The van der Waals surface area contributed by atoms with Gasteiger partial charge in [-0.25, -0.2) is 8.42 Å². The highest BCUT2D eigenvalue weighted by Gasteiger charge is 2.31. The predicted molar refractivity (Wildman–Crippen MR) is 138 cm³/mol. The first-order valence-corrected chi connectivity index (χ1v) is 12.8. The molecule has 5 nitrogen and oxygen atoms in total. The number of ether oxygens (including phenoxy) is 1. The molecular formula is C28H31NO4S. The van der Waals surface area contributed by atoms with E-state index in [4.69, 9.17) is 4.74 Å². The molecule has 0 aliphatic rings. The van der Waals surface area contributed by atoms with E-state index >= 15 is 0 Å². The predicted octanol–water partition coefficient (Wildman–Crippen LogP) is 6.23. The van der Waals surface area contributed by atoms with Gasteiger partial charge < -0.3 is 4.74 Å². The molecule has 0 aromatic heterocycles. The van der Waals surface area contributed by atoms with Crippen molar-refractivity contribution in [3.63, 3.8) is 0 Å². The largest absolute Gasteiger partial charge is 0.493 e. The molecule has 0 radical (unpaired) electrons. The number of hydrogen-bond donors (Lipinski definition) is 0. The molecule has 0 fully saturated rings. The van der Waals surface area contributed by atoms with Crippen LogP contribution in [0.25, 0.3) is 6.08 Å². The van der Waals surface area contributed by atoms with Crippen LogP contribution in [0.2, 0.25) is 0 Å². The normalized spacial score (nSPS) is 11.5. The van der Waals surface area contributed by atoms with Crippen LogP contribution in [-0.4, -0.2) is 20.9 Å². The molecule has 178 valence electrons. The van der Waals surface area contributed by atoms with Crippen molar-refractivity contribution >= 4 is 27.7 Å². The fourth-order valence-electron chi connectivity index (χ4n) is 3.44. The van der Waals surface area contributed by atoms with Gasteiger partial charge in [0.05, 0.1) is 17.2 Å². The summed E-state index contributed by atoms with van der Waals surface area (Å²) in [7, 11) is -4.14. The summed E-state index contributed by atoms with van der Waals surface area (Å²) in [4.78, 5) is 13.5. The molecule has 0 aliphatic heterocycles. The zero-order valence-corrected chi connectivity index (χ0v) is 20.9. The Kier molecular flexibility index (Phi) is 8.29. The first kappa shape index (κ1) is 25.2. The Balaban J connectivity index is 2.03. The van der Waals surface area contributed by atoms with Crippen molar-refractivity contribution in [3.05, 3.63) is 95.1 Å². The smallest absolute Gasteiger partial charge is 0.271 e. The fraction of sp³-hybridized carbons (Fsp3) is 0.250. The maximum absolute atomic E-state index is 13.6. The highest BCUT2D eigenvalue weighted by molar-refractivity contribution is 7.93. The Bertz CT molecular complexity index is 1280. The number of aryl methyl sites for hydroxylation is 2. The van der Waals surface area contributed by atoms with E-state index in [0.29, 0.717) is 23.6 Å². The van der Waals surface area contributed by atoms with Gasteiger partial charge in [-0.3, -0.25) is 4.79 Å².